The Balaban J connectivity index is 0.00000220. The van der Waals surface area contributed by atoms with Crippen LogP contribution >= 0.6 is 11.7 Å². The molecule has 0 aliphatic heterocycles. The van der Waals surface area contributed by atoms with E-state index in [1.54, 1.807) is 0 Å². The van der Waals surface area contributed by atoms with E-state index in [4.69, 9.17) is 4.74 Å². The van der Waals surface area contributed by atoms with Crippen molar-refractivity contribution in [1.82, 2.24) is 8.75 Å². The van der Waals surface area contributed by atoms with Crippen LogP contribution in [-0.2, 0) is 7.05 Å². The average Bonchev–Trinajstić information content (AvgIpc) is 2.91. The SMILES string of the molecule is CCCCCCCOc1nsnc1-c1ccc[n+](C)c1.[I-]. The summed E-state index contributed by atoms with van der Waals surface area (Å²) in [6.45, 7) is 2.95. The first kappa shape index (κ1) is 18.3. The minimum atomic E-state index is 0. The number of halogens is 1. The van der Waals surface area contributed by atoms with E-state index in [0.29, 0.717) is 5.88 Å². The molecule has 2 heterocycles. The lowest BCUT2D eigenvalue weighted by Crippen LogP contribution is -3.00. The number of unbranched alkanes of at least 4 members (excludes halogenated alkanes) is 4. The highest BCUT2D eigenvalue weighted by Crippen LogP contribution is 2.26. The zero-order valence-electron chi connectivity index (χ0n) is 12.6. The quantitative estimate of drug-likeness (QED) is 0.353. The van der Waals surface area contributed by atoms with E-state index in [1.165, 1.54) is 37.4 Å². The topological polar surface area (TPSA) is 38.9 Å². The molecule has 6 heteroatoms. The molecule has 2 aromatic rings. The molecular weight excluding hydrogens is 397 g/mol. The van der Waals surface area contributed by atoms with Gasteiger partial charge in [-0.2, -0.15) is 4.37 Å². The molecule has 0 atom stereocenters. The summed E-state index contributed by atoms with van der Waals surface area (Å²) in [7, 11) is 2.00. The van der Waals surface area contributed by atoms with Crippen LogP contribution in [0.3, 0.4) is 0 Å². The van der Waals surface area contributed by atoms with Crippen molar-refractivity contribution >= 4 is 11.7 Å². The largest absolute Gasteiger partial charge is 1.00 e. The second kappa shape index (κ2) is 10.0. The molecule has 0 aromatic carbocycles. The lowest BCUT2D eigenvalue weighted by atomic mass is 10.2. The molecule has 0 saturated carbocycles. The van der Waals surface area contributed by atoms with Crippen molar-refractivity contribution in [2.45, 2.75) is 39.0 Å². The van der Waals surface area contributed by atoms with E-state index < -0.39 is 0 Å². The van der Waals surface area contributed by atoms with Gasteiger partial charge in [-0.15, -0.1) is 4.37 Å². The van der Waals surface area contributed by atoms with Gasteiger partial charge in [0.25, 0.3) is 5.88 Å². The molecule has 0 N–H and O–H groups in total. The normalized spacial score (nSPS) is 10.2. The third-order valence-corrected chi connectivity index (χ3v) is 3.67. The number of pyridine rings is 1. The van der Waals surface area contributed by atoms with Crippen LogP contribution in [0.15, 0.2) is 24.5 Å². The molecule has 0 spiro atoms. The van der Waals surface area contributed by atoms with E-state index in [1.807, 2.05) is 36.1 Å². The van der Waals surface area contributed by atoms with Crippen molar-refractivity contribution in [3.05, 3.63) is 24.5 Å². The first-order valence-corrected chi connectivity index (χ1v) is 7.95. The zero-order valence-corrected chi connectivity index (χ0v) is 15.6. The summed E-state index contributed by atoms with van der Waals surface area (Å²) in [5.41, 5.74) is 1.89. The molecule has 0 bridgehead atoms. The molecule has 0 amide bonds. The number of nitrogens with zero attached hydrogens (tertiary/aromatic N) is 3. The summed E-state index contributed by atoms with van der Waals surface area (Å²) >= 11 is 1.20. The Bertz CT molecular complexity index is 533. The van der Waals surface area contributed by atoms with Crippen molar-refractivity contribution < 1.29 is 33.3 Å². The van der Waals surface area contributed by atoms with Crippen molar-refractivity contribution in [1.29, 1.82) is 0 Å². The average molecular weight is 419 g/mol. The molecule has 2 aromatic heterocycles. The highest BCUT2D eigenvalue weighted by atomic mass is 127. The lowest BCUT2D eigenvalue weighted by molar-refractivity contribution is -0.671. The highest BCUT2D eigenvalue weighted by molar-refractivity contribution is 6.99. The minimum absolute atomic E-state index is 0. The van der Waals surface area contributed by atoms with Gasteiger partial charge in [0.2, 0.25) is 0 Å². The maximum absolute atomic E-state index is 5.78. The van der Waals surface area contributed by atoms with Crippen molar-refractivity contribution in [3.8, 4) is 17.1 Å². The molecule has 0 radical (unpaired) electrons. The van der Waals surface area contributed by atoms with Gasteiger partial charge in [0.1, 0.15) is 7.05 Å². The van der Waals surface area contributed by atoms with E-state index in [9.17, 15) is 0 Å². The summed E-state index contributed by atoms with van der Waals surface area (Å²) in [4.78, 5) is 0. The highest BCUT2D eigenvalue weighted by Gasteiger charge is 2.14. The van der Waals surface area contributed by atoms with Crippen LogP contribution in [0.2, 0.25) is 0 Å². The standard InChI is InChI=1S/C15H22N3OS.HI/c1-3-4-5-6-7-11-19-15-14(16-20-17-15)13-9-8-10-18(2)12-13;/h8-10,12H,3-7,11H2,1-2H3;1H/q+1;/p-1. The molecule has 0 fully saturated rings. The number of aromatic nitrogens is 3. The maximum Gasteiger partial charge on any atom is 0.254 e. The van der Waals surface area contributed by atoms with Gasteiger partial charge in [-0.3, -0.25) is 0 Å². The Morgan fingerprint density at radius 2 is 2.00 bits per heavy atom. The predicted molar refractivity (Wildman–Crippen MR) is 80.8 cm³/mol. The molecule has 21 heavy (non-hydrogen) atoms. The molecule has 0 aliphatic carbocycles. The Morgan fingerprint density at radius 3 is 2.76 bits per heavy atom. The molecule has 4 nitrogen and oxygen atoms in total. The van der Waals surface area contributed by atoms with E-state index >= 15 is 0 Å². The summed E-state index contributed by atoms with van der Waals surface area (Å²) < 4.78 is 16.4. The van der Waals surface area contributed by atoms with Gasteiger partial charge in [0.05, 0.1) is 23.9 Å². The van der Waals surface area contributed by atoms with Gasteiger partial charge < -0.3 is 28.7 Å². The second-order valence-corrected chi connectivity index (χ2v) is 5.47. The van der Waals surface area contributed by atoms with Crippen molar-refractivity contribution in [2.24, 2.45) is 7.05 Å². The third kappa shape index (κ3) is 5.86. The fourth-order valence-electron chi connectivity index (χ4n) is 2.05. The molecule has 0 aliphatic rings. The van der Waals surface area contributed by atoms with Crippen LogP contribution < -0.4 is 33.3 Å². The number of hydrogen-bond donors (Lipinski definition) is 0. The lowest BCUT2D eigenvalue weighted by Gasteiger charge is -2.04. The smallest absolute Gasteiger partial charge is 0.254 e. The molecular formula is C15H22IN3OS. The van der Waals surface area contributed by atoms with Gasteiger partial charge in [0.15, 0.2) is 18.1 Å². The fraction of sp³-hybridized carbons (Fsp3) is 0.533. The van der Waals surface area contributed by atoms with Crippen LogP contribution in [0, 0.1) is 0 Å². The Morgan fingerprint density at radius 1 is 1.19 bits per heavy atom. The van der Waals surface area contributed by atoms with E-state index in [2.05, 4.69) is 15.7 Å². The van der Waals surface area contributed by atoms with Crippen molar-refractivity contribution in [3.63, 3.8) is 0 Å². The number of rotatable bonds is 8. The van der Waals surface area contributed by atoms with Crippen LogP contribution in [0.4, 0.5) is 0 Å². The molecule has 116 valence electrons. The molecule has 0 saturated heterocycles. The van der Waals surface area contributed by atoms with Crippen molar-refractivity contribution in [2.75, 3.05) is 6.61 Å². The van der Waals surface area contributed by atoms with Gasteiger partial charge in [0, 0.05) is 6.07 Å². The van der Waals surface area contributed by atoms with Gasteiger partial charge in [-0.1, -0.05) is 32.6 Å². The first-order chi connectivity index (χ1) is 9.81. The summed E-state index contributed by atoms with van der Waals surface area (Å²) in [5, 5.41) is 0. The van der Waals surface area contributed by atoms with Gasteiger partial charge in [-0.25, -0.2) is 4.57 Å². The van der Waals surface area contributed by atoms with Crippen LogP contribution in [-0.4, -0.2) is 15.4 Å². The van der Waals surface area contributed by atoms with E-state index in [0.717, 1.165) is 24.3 Å². The third-order valence-electron chi connectivity index (χ3n) is 3.16. The Kier molecular flexibility index (Phi) is 8.75. The van der Waals surface area contributed by atoms with Crippen LogP contribution in [0.25, 0.3) is 11.3 Å². The van der Waals surface area contributed by atoms with Crippen LogP contribution in [0.5, 0.6) is 5.88 Å². The number of ether oxygens (including phenoxy) is 1. The second-order valence-electron chi connectivity index (χ2n) is 4.94. The monoisotopic (exact) mass is 419 g/mol. The summed E-state index contributed by atoms with van der Waals surface area (Å²) in [6.07, 6.45) is 10.2. The Labute approximate surface area is 147 Å². The summed E-state index contributed by atoms with van der Waals surface area (Å²) in [6, 6.07) is 4.04. The maximum atomic E-state index is 5.78. The Hall–Kier alpha value is -0.760. The zero-order chi connectivity index (χ0) is 14.2. The molecule has 0 unspecified atom stereocenters. The van der Waals surface area contributed by atoms with Crippen LogP contribution in [0.1, 0.15) is 39.0 Å². The summed E-state index contributed by atoms with van der Waals surface area (Å²) in [5.74, 6) is 0.664. The minimum Gasteiger partial charge on any atom is -1.00 e. The number of hydrogen-bond acceptors (Lipinski definition) is 4. The van der Waals surface area contributed by atoms with Gasteiger partial charge >= 0.3 is 0 Å². The first-order valence-electron chi connectivity index (χ1n) is 7.22. The van der Waals surface area contributed by atoms with Gasteiger partial charge in [-0.05, 0) is 12.5 Å². The molecule has 2 rings (SSSR count). The fourth-order valence-corrected chi connectivity index (χ4v) is 2.57. The van der Waals surface area contributed by atoms with E-state index in [-0.39, 0.29) is 24.0 Å². The number of aryl methyl sites for hydroxylation is 1. The predicted octanol–water partition coefficient (Wildman–Crippen LogP) is 0.383.